The van der Waals surface area contributed by atoms with Crippen LogP contribution in [-0.4, -0.2) is 17.9 Å². The van der Waals surface area contributed by atoms with Gasteiger partial charge in [-0.05, 0) is 36.4 Å². The van der Waals surface area contributed by atoms with E-state index in [1.165, 1.54) is 12.2 Å². The molecule has 3 rings (SSSR count). The number of carbonyl (C=O) groups excluding carboxylic acids is 1. The molecule has 0 saturated carbocycles. The Hall–Kier alpha value is -2.26. The molecule has 3 nitrogen and oxygen atoms in total. The number of aromatic nitrogens is 1. The molecule has 1 aromatic heterocycles. The summed E-state index contributed by atoms with van der Waals surface area (Å²) >= 11 is 0. The number of allylic oxidation sites excluding steroid dienone is 2. The quantitative estimate of drug-likeness (QED) is 0.823. The van der Waals surface area contributed by atoms with Gasteiger partial charge in [0, 0.05) is 24.3 Å². The van der Waals surface area contributed by atoms with E-state index in [4.69, 9.17) is 4.74 Å². The van der Waals surface area contributed by atoms with Crippen LogP contribution >= 0.6 is 0 Å². The van der Waals surface area contributed by atoms with E-state index in [0.29, 0.717) is 0 Å². The molecule has 1 aliphatic carbocycles. The summed E-state index contributed by atoms with van der Waals surface area (Å²) in [7, 11) is 1.62. The average Bonchev–Trinajstić information content (AvgIpc) is 2.48. The number of rotatable bonds is 2. The number of hydrogen-bond acceptors (Lipinski definition) is 3. The van der Waals surface area contributed by atoms with Gasteiger partial charge in [0.2, 0.25) is 0 Å². The summed E-state index contributed by atoms with van der Waals surface area (Å²) in [6.07, 6.45) is 8.37. The Bertz CT molecular complexity index is 685. The Balaban J connectivity index is 2.14. The lowest BCUT2D eigenvalue weighted by Gasteiger charge is -2.27. The molecule has 0 atom stereocenters. The third-order valence-corrected chi connectivity index (χ3v) is 3.37. The van der Waals surface area contributed by atoms with Crippen LogP contribution in [0.1, 0.15) is 5.56 Å². The number of carbonyl (C=O) groups is 1. The molecule has 0 saturated heterocycles. The maximum Gasteiger partial charge on any atom is 0.178 e. The number of para-hydroxylation sites is 1. The normalized spacial score (nSPS) is 17.0. The van der Waals surface area contributed by atoms with Crippen molar-refractivity contribution >= 4 is 16.7 Å². The predicted molar refractivity (Wildman–Crippen MR) is 73.7 cm³/mol. The van der Waals surface area contributed by atoms with Crippen molar-refractivity contribution in [1.29, 1.82) is 0 Å². The number of ketones is 1. The van der Waals surface area contributed by atoms with Gasteiger partial charge in [0.1, 0.15) is 5.60 Å². The fraction of sp³-hybridized carbons (Fsp3) is 0.125. The van der Waals surface area contributed by atoms with Crippen molar-refractivity contribution in [1.82, 2.24) is 4.98 Å². The van der Waals surface area contributed by atoms with Gasteiger partial charge >= 0.3 is 0 Å². The molecule has 0 amide bonds. The summed E-state index contributed by atoms with van der Waals surface area (Å²) in [4.78, 5) is 15.7. The number of benzene rings is 1. The van der Waals surface area contributed by atoms with Crippen LogP contribution in [-0.2, 0) is 15.1 Å². The Morgan fingerprint density at radius 1 is 1.16 bits per heavy atom. The van der Waals surface area contributed by atoms with Gasteiger partial charge in [-0.3, -0.25) is 9.78 Å². The zero-order chi connectivity index (χ0) is 13.3. The number of nitrogens with zero attached hydrogens (tertiary/aromatic N) is 1. The molecular formula is C16H13NO2. The van der Waals surface area contributed by atoms with Crippen molar-refractivity contribution in [3.05, 3.63) is 66.4 Å². The SMILES string of the molecule is COC1(c2cnc3ccccc3c2)C=CC(=O)C=C1. The Morgan fingerprint density at radius 3 is 2.63 bits per heavy atom. The second kappa shape index (κ2) is 4.44. The maximum atomic E-state index is 11.3. The van der Waals surface area contributed by atoms with Crippen molar-refractivity contribution in [2.45, 2.75) is 5.60 Å². The lowest BCUT2D eigenvalue weighted by atomic mass is 9.89. The molecule has 0 bridgehead atoms. The molecule has 3 heteroatoms. The zero-order valence-electron chi connectivity index (χ0n) is 10.5. The van der Waals surface area contributed by atoms with Gasteiger partial charge in [0.05, 0.1) is 5.52 Å². The van der Waals surface area contributed by atoms with Crippen LogP contribution in [0.25, 0.3) is 10.9 Å². The van der Waals surface area contributed by atoms with Crippen molar-refractivity contribution in [2.75, 3.05) is 7.11 Å². The van der Waals surface area contributed by atoms with Crippen LogP contribution in [0.5, 0.6) is 0 Å². The highest BCUT2D eigenvalue weighted by Crippen LogP contribution is 2.31. The maximum absolute atomic E-state index is 11.3. The predicted octanol–water partition coefficient (Wildman–Crippen LogP) is 2.77. The summed E-state index contributed by atoms with van der Waals surface area (Å²) in [5, 5.41) is 1.05. The molecule has 1 aliphatic rings. The number of fused-ring (bicyclic) bond motifs is 1. The standard InChI is InChI=1S/C16H13NO2/c1-19-16(8-6-14(18)7-9-16)13-10-12-4-2-3-5-15(12)17-11-13/h2-11H,1H3. The summed E-state index contributed by atoms with van der Waals surface area (Å²) < 4.78 is 5.60. The van der Waals surface area contributed by atoms with Gasteiger partial charge in [-0.1, -0.05) is 18.2 Å². The lowest BCUT2D eigenvalue weighted by Crippen LogP contribution is -2.26. The molecule has 0 unspecified atom stereocenters. The second-order valence-corrected chi connectivity index (χ2v) is 4.48. The molecule has 0 spiro atoms. The lowest BCUT2D eigenvalue weighted by molar-refractivity contribution is -0.110. The van der Waals surface area contributed by atoms with Gasteiger partial charge in [0.15, 0.2) is 5.78 Å². The van der Waals surface area contributed by atoms with Crippen molar-refractivity contribution in [3.63, 3.8) is 0 Å². The highest BCUT2D eigenvalue weighted by atomic mass is 16.5. The first-order chi connectivity index (χ1) is 9.23. The first-order valence-electron chi connectivity index (χ1n) is 6.06. The van der Waals surface area contributed by atoms with Crippen molar-refractivity contribution < 1.29 is 9.53 Å². The number of ether oxygens (including phenoxy) is 1. The van der Waals surface area contributed by atoms with Gasteiger partial charge in [-0.2, -0.15) is 0 Å². The van der Waals surface area contributed by atoms with Crippen LogP contribution in [0.4, 0.5) is 0 Å². The summed E-state index contributed by atoms with van der Waals surface area (Å²) in [5.41, 5.74) is 1.15. The largest absolute Gasteiger partial charge is 0.365 e. The van der Waals surface area contributed by atoms with Crippen LogP contribution in [0.2, 0.25) is 0 Å². The number of pyridine rings is 1. The fourth-order valence-electron chi connectivity index (χ4n) is 2.25. The molecule has 0 aliphatic heterocycles. The van der Waals surface area contributed by atoms with Crippen molar-refractivity contribution in [3.8, 4) is 0 Å². The van der Waals surface area contributed by atoms with Gasteiger partial charge in [0.25, 0.3) is 0 Å². The van der Waals surface area contributed by atoms with E-state index < -0.39 is 5.60 Å². The molecule has 2 aromatic rings. The average molecular weight is 251 g/mol. The first-order valence-corrected chi connectivity index (χ1v) is 6.06. The highest BCUT2D eigenvalue weighted by molar-refractivity contribution is 6.00. The van der Waals surface area contributed by atoms with Crippen LogP contribution in [0.3, 0.4) is 0 Å². The Labute approximate surface area is 111 Å². The van der Waals surface area contributed by atoms with E-state index in [9.17, 15) is 4.79 Å². The smallest absolute Gasteiger partial charge is 0.178 e. The first kappa shape index (κ1) is 11.8. The third-order valence-electron chi connectivity index (χ3n) is 3.37. The summed E-state index contributed by atoms with van der Waals surface area (Å²) in [6, 6.07) is 9.95. The third kappa shape index (κ3) is 1.98. The minimum absolute atomic E-state index is 0.0265. The molecule has 1 aromatic carbocycles. The number of methoxy groups -OCH3 is 1. The minimum Gasteiger partial charge on any atom is -0.365 e. The molecule has 19 heavy (non-hydrogen) atoms. The van der Waals surface area contributed by atoms with E-state index in [1.54, 1.807) is 25.5 Å². The highest BCUT2D eigenvalue weighted by Gasteiger charge is 2.29. The molecule has 0 fully saturated rings. The molecule has 0 radical (unpaired) electrons. The Kier molecular flexibility index (Phi) is 2.76. The topological polar surface area (TPSA) is 39.2 Å². The van der Waals surface area contributed by atoms with E-state index in [0.717, 1.165) is 16.5 Å². The molecule has 94 valence electrons. The molecule has 0 N–H and O–H groups in total. The summed E-state index contributed by atoms with van der Waals surface area (Å²) in [5.74, 6) is -0.0265. The van der Waals surface area contributed by atoms with Crippen LogP contribution < -0.4 is 0 Å². The van der Waals surface area contributed by atoms with Gasteiger partial charge in [-0.15, -0.1) is 0 Å². The minimum atomic E-state index is -0.703. The van der Waals surface area contributed by atoms with Gasteiger partial charge < -0.3 is 4.74 Å². The van der Waals surface area contributed by atoms with Crippen LogP contribution in [0, 0.1) is 0 Å². The van der Waals surface area contributed by atoms with Crippen molar-refractivity contribution in [2.24, 2.45) is 0 Å². The van der Waals surface area contributed by atoms with E-state index in [2.05, 4.69) is 4.98 Å². The van der Waals surface area contributed by atoms with E-state index in [1.807, 2.05) is 30.3 Å². The zero-order valence-corrected chi connectivity index (χ0v) is 10.5. The van der Waals surface area contributed by atoms with Gasteiger partial charge in [-0.25, -0.2) is 0 Å². The molecule has 1 heterocycles. The summed E-state index contributed by atoms with van der Waals surface area (Å²) in [6.45, 7) is 0. The van der Waals surface area contributed by atoms with E-state index >= 15 is 0 Å². The monoisotopic (exact) mass is 251 g/mol. The number of hydrogen-bond donors (Lipinski definition) is 0. The van der Waals surface area contributed by atoms with E-state index in [-0.39, 0.29) is 5.78 Å². The van der Waals surface area contributed by atoms with Crippen LogP contribution in [0.15, 0.2) is 60.8 Å². The second-order valence-electron chi connectivity index (χ2n) is 4.48. The molecular weight excluding hydrogens is 238 g/mol. The Morgan fingerprint density at radius 2 is 1.89 bits per heavy atom. The fourth-order valence-corrected chi connectivity index (χ4v) is 2.25.